The zero-order valence-corrected chi connectivity index (χ0v) is 18.0. The smallest absolute Gasteiger partial charge is 0.165 e. The predicted octanol–water partition coefficient (Wildman–Crippen LogP) is 3.00. The van der Waals surface area contributed by atoms with Crippen molar-refractivity contribution in [1.82, 2.24) is 4.90 Å². The second-order valence-corrected chi connectivity index (χ2v) is 10.7. The molecule has 4 fully saturated rings. The Bertz CT molecular complexity index is 894. The number of methoxy groups -OCH3 is 1. The van der Waals surface area contributed by atoms with Gasteiger partial charge in [0.2, 0.25) is 0 Å². The minimum absolute atomic E-state index is 0.00388. The molecule has 4 aliphatic carbocycles. The molecule has 0 radical (unpaired) electrons. The number of fused-ring (bicyclic) bond motifs is 2. The van der Waals surface area contributed by atoms with Gasteiger partial charge in [-0.2, -0.15) is 0 Å². The second kappa shape index (κ2) is 5.30. The SMILES string of the molecule is CCN1CC[C@]23c4c5ccc(O)c4O[C@H]2[C@@]2(OC)CC[C@@]3(C[C@@H]2C(C)(C)O)[C@H]1C5. The predicted molar refractivity (Wildman–Crippen MR) is 109 cm³/mol. The van der Waals surface area contributed by atoms with E-state index in [1.165, 1.54) is 11.1 Å². The third-order valence-corrected chi connectivity index (χ3v) is 9.73. The molecule has 1 saturated heterocycles. The molecule has 0 amide bonds. The minimum atomic E-state index is -0.850. The average molecular weight is 400 g/mol. The number of aliphatic hydroxyl groups is 1. The molecule has 5 nitrogen and oxygen atoms in total. The number of phenols is 1. The summed E-state index contributed by atoms with van der Waals surface area (Å²) in [5, 5.41) is 22.0. The standard InChI is InChI=1S/C24H33NO4/c1-5-25-11-10-23-18-14-6-7-15(26)19(18)29-20(23)24(28-4)9-8-22(23,17(25)12-14)13-16(24)21(2,3)27/h6-7,16-17,20,26-27H,5,8-13H2,1-4H3/t16-,17-,20-,22-,23+,24-/m1/s1. The average Bonchev–Trinajstić information content (AvgIpc) is 3.06. The highest BCUT2D eigenvalue weighted by molar-refractivity contribution is 5.63. The van der Waals surface area contributed by atoms with Crippen LogP contribution in [0.2, 0.25) is 0 Å². The molecule has 4 bridgehead atoms. The number of phenolic OH excluding ortho intramolecular Hbond substituents is 1. The molecule has 1 aromatic rings. The molecule has 5 heteroatoms. The van der Waals surface area contributed by atoms with E-state index in [1.54, 1.807) is 13.2 Å². The minimum Gasteiger partial charge on any atom is -0.504 e. The lowest BCUT2D eigenvalue weighted by atomic mass is 9.34. The normalized spacial score (nSPS) is 44.5. The van der Waals surface area contributed by atoms with Crippen LogP contribution in [0, 0.1) is 11.3 Å². The van der Waals surface area contributed by atoms with E-state index in [-0.39, 0.29) is 28.6 Å². The number of ether oxygens (including phenoxy) is 2. The van der Waals surface area contributed by atoms with E-state index in [9.17, 15) is 10.2 Å². The molecule has 1 aromatic carbocycles. The highest BCUT2D eigenvalue weighted by Crippen LogP contribution is 2.77. The topological polar surface area (TPSA) is 62.2 Å². The number of likely N-dealkylation sites (tertiary alicyclic amines) is 1. The van der Waals surface area contributed by atoms with Gasteiger partial charge >= 0.3 is 0 Å². The molecule has 3 saturated carbocycles. The van der Waals surface area contributed by atoms with Crippen LogP contribution in [0.3, 0.4) is 0 Å². The van der Waals surface area contributed by atoms with Gasteiger partial charge in [0.05, 0.1) is 5.60 Å². The van der Waals surface area contributed by atoms with Crippen LogP contribution in [0.25, 0.3) is 0 Å². The molecule has 29 heavy (non-hydrogen) atoms. The van der Waals surface area contributed by atoms with Gasteiger partial charge in [-0.1, -0.05) is 13.0 Å². The molecule has 2 aliphatic heterocycles. The quantitative estimate of drug-likeness (QED) is 0.818. The fourth-order valence-electron chi connectivity index (χ4n) is 8.76. The van der Waals surface area contributed by atoms with Crippen LogP contribution in [0.15, 0.2) is 12.1 Å². The Kier molecular flexibility index (Phi) is 3.37. The van der Waals surface area contributed by atoms with Crippen LogP contribution in [-0.4, -0.2) is 58.7 Å². The summed E-state index contributed by atoms with van der Waals surface area (Å²) >= 11 is 0. The number of nitrogens with zero attached hydrogens (tertiary/aromatic N) is 1. The van der Waals surface area contributed by atoms with Crippen molar-refractivity contribution >= 4 is 0 Å². The van der Waals surface area contributed by atoms with E-state index in [2.05, 4.69) is 17.9 Å². The molecule has 0 unspecified atom stereocenters. The summed E-state index contributed by atoms with van der Waals surface area (Å²) in [4.78, 5) is 2.67. The van der Waals surface area contributed by atoms with Crippen molar-refractivity contribution in [3.8, 4) is 11.5 Å². The summed E-state index contributed by atoms with van der Waals surface area (Å²) in [5.41, 5.74) is 1.16. The van der Waals surface area contributed by atoms with Gasteiger partial charge in [0.15, 0.2) is 11.5 Å². The number of piperidine rings is 1. The third-order valence-electron chi connectivity index (χ3n) is 9.73. The summed E-state index contributed by atoms with van der Waals surface area (Å²) in [5.74, 6) is 0.952. The highest BCUT2D eigenvalue weighted by atomic mass is 16.6. The van der Waals surface area contributed by atoms with Gasteiger partial charge < -0.3 is 19.7 Å². The van der Waals surface area contributed by atoms with Crippen LogP contribution >= 0.6 is 0 Å². The highest BCUT2D eigenvalue weighted by Gasteiger charge is 2.81. The monoisotopic (exact) mass is 399 g/mol. The largest absolute Gasteiger partial charge is 0.504 e. The number of hydrogen-bond donors (Lipinski definition) is 2. The maximum Gasteiger partial charge on any atom is 0.165 e. The van der Waals surface area contributed by atoms with E-state index in [0.717, 1.165) is 45.2 Å². The number of rotatable bonds is 3. The molecular weight excluding hydrogens is 366 g/mol. The van der Waals surface area contributed by atoms with Crippen LogP contribution < -0.4 is 4.74 Å². The van der Waals surface area contributed by atoms with Crippen LogP contribution in [0.4, 0.5) is 0 Å². The first-order valence-corrected chi connectivity index (χ1v) is 11.3. The van der Waals surface area contributed by atoms with Crippen molar-refractivity contribution in [2.24, 2.45) is 11.3 Å². The molecule has 6 atom stereocenters. The maximum atomic E-state index is 11.3. The van der Waals surface area contributed by atoms with E-state index in [4.69, 9.17) is 9.47 Å². The zero-order chi connectivity index (χ0) is 20.4. The zero-order valence-electron chi connectivity index (χ0n) is 18.0. The fourth-order valence-corrected chi connectivity index (χ4v) is 8.76. The van der Waals surface area contributed by atoms with Crippen molar-refractivity contribution in [2.45, 2.75) is 81.6 Å². The molecule has 2 spiro atoms. The first kappa shape index (κ1) is 18.5. The molecule has 2 N–H and O–H groups in total. The van der Waals surface area contributed by atoms with Gasteiger partial charge in [0.25, 0.3) is 0 Å². The Morgan fingerprint density at radius 2 is 2.07 bits per heavy atom. The van der Waals surface area contributed by atoms with Crippen LogP contribution in [0.1, 0.15) is 57.6 Å². The Hall–Kier alpha value is -1.30. The van der Waals surface area contributed by atoms with E-state index in [0.29, 0.717) is 11.8 Å². The molecule has 158 valence electrons. The summed E-state index contributed by atoms with van der Waals surface area (Å²) in [6.07, 6.45) is 4.86. The Morgan fingerprint density at radius 3 is 2.76 bits per heavy atom. The van der Waals surface area contributed by atoms with Crippen molar-refractivity contribution in [1.29, 1.82) is 0 Å². The first-order chi connectivity index (χ1) is 13.7. The van der Waals surface area contributed by atoms with Crippen LogP contribution in [0.5, 0.6) is 11.5 Å². The Morgan fingerprint density at radius 1 is 1.28 bits per heavy atom. The Labute approximate surface area is 173 Å². The molecule has 7 rings (SSSR count). The maximum absolute atomic E-state index is 11.3. The van der Waals surface area contributed by atoms with E-state index < -0.39 is 11.2 Å². The van der Waals surface area contributed by atoms with Gasteiger partial charge in [-0.15, -0.1) is 0 Å². The lowest BCUT2D eigenvalue weighted by molar-refractivity contribution is -0.299. The third kappa shape index (κ3) is 1.78. The first-order valence-electron chi connectivity index (χ1n) is 11.3. The molecule has 6 aliphatic rings. The number of likely N-dealkylation sites (N-methyl/N-ethyl adjacent to an activating group) is 1. The van der Waals surface area contributed by atoms with Crippen molar-refractivity contribution in [2.75, 3.05) is 20.2 Å². The number of benzene rings is 1. The lowest BCUT2D eigenvalue weighted by Crippen LogP contribution is -2.82. The fraction of sp³-hybridized carbons (Fsp3) is 0.750. The summed E-state index contributed by atoms with van der Waals surface area (Å²) < 4.78 is 13.1. The van der Waals surface area contributed by atoms with Gasteiger partial charge in [0.1, 0.15) is 11.7 Å². The van der Waals surface area contributed by atoms with Crippen molar-refractivity contribution in [3.05, 3.63) is 23.3 Å². The van der Waals surface area contributed by atoms with E-state index >= 15 is 0 Å². The van der Waals surface area contributed by atoms with Gasteiger partial charge in [0, 0.05) is 35.5 Å². The van der Waals surface area contributed by atoms with Gasteiger partial charge in [-0.3, -0.25) is 4.90 Å². The van der Waals surface area contributed by atoms with E-state index in [1.807, 2.05) is 13.8 Å². The second-order valence-electron chi connectivity index (χ2n) is 10.7. The molecule has 0 aromatic heterocycles. The molecular formula is C24H33NO4. The Balaban J connectivity index is 1.68. The summed E-state index contributed by atoms with van der Waals surface area (Å²) in [7, 11) is 1.79. The van der Waals surface area contributed by atoms with Gasteiger partial charge in [-0.05, 0) is 70.7 Å². The summed E-state index contributed by atoms with van der Waals surface area (Å²) in [6, 6.07) is 4.38. The number of hydrogen-bond acceptors (Lipinski definition) is 5. The van der Waals surface area contributed by atoms with Crippen molar-refractivity contribution in [3.63, 3.8) is 0 Å². The summed E-state index contributed by atoms with van der Waals surface area (Å²) in [6.45, 7) is 8.25. The van der Waals surface area contributed by atoms with Crippen LogP contribution in [-0.2, 0) is 16.6 Å². The molecule has 2 heterocycles. The number of aromatic hydroxyl groups is 1. The lowest BCUT2D eigenvalue weighted by Gasteiger charge is -2.74. The van der Waals surface area contributed by atoms with Crippen molar-refractivity contribution < 1.29 is 19.7 Å². The van der Waals surface area contributed by atoms with Gasteiger partial charge in [-0.25, -0.2) is 0 Å².